The zero-order valence-corrected chi connectivity index (χ0v) is 24.9. The van der Waals surface area contributed by atoms with Crippen molar-refractivity contribution in [2.24, 2.45) is 0 Å². The van der Waals surface area contributed by atoms with E-state index in [-0.39, 0.29) is 12.4 Å². The first-order valence-electron chi connectivity index (χ1n) is 14.2. The molecule has 0 saturated heterocycles. The van der Waals surface area contributed by atoms with Crippen LogP contribution in [0.2, 0.25) is 0 Å². The lowest BCUT2D eigenvalue weighted by molar-refractivity contribution is 0.104. The molecule has 0 N–H and O–H groups in total. The number of aryl methyl sites for hydroxylation is 1. The average Bonchev–Trinajstić information content (AvgIpc) is 3.46. The predicted molar refractivity (Wildman–Crippen MR) is 169 cm³/mol. The lowest BCUT2D eigenvalue weighted by Crippen LogP contribution is -2.15. The third kappa shape index (κ3) is 12.2. The Morgan fingerprint density at radius 2 is 1.33 bits per heavy atom. The van der Waals surface area contributed by atoms with Crippen molar-refractivity contribution in [1.29, 1.82) is 0 Å². The fourth-order valence-corrected chi connectivity index (χ4v) is 5.00. The molecule has 1 heterocycles. The number of ether oxygens (including phenoxy) is 2. The zero-order chi connectivity index (χ0) is 30.0. The standard InChI is InChI=1S/C34H37N3O5S/c38-43(39,42-24-15-23-41-34-21-20-31-18-12-13-19-32(31)26-34)25-14-22-37-27-33(35-36-37)29-40-28-30-16-10-8-6-4-2-1-3-5-7-9-11-17-30/h1-13,16-21,26-27H,14-15,22-25,28-29H2. The van der Waals surface area contributed by atoms with Crippen LogP contribution in [0.25, 0.3) is 10.8 Å². The first-order valence-corrected chi connectivity index (χ1v) is 15.8. The third-order valence-electron chi connectivity index (χ3n) is 6.16. The molecule has 0 aliphatic rings. The second-order valence-corrected chi connectivity index (χ2v) is 11.4. The Hall–Kier alpha value is -4.31. The molecule has 0 unspecified atom stereocenters. The Balaban J connectivity index is 1.14. The van der Waals surface area contributed by atoms with Crippen molar-refractivity contribution in [1.82, 2.24) is 15.0 Å². The monoisotopic (exact) mass is 599 g/mol. The lowest BCUT2D eigenvalue weighted by Gasteiger charge is -2.08. The summed E-state index contributed by atoms with van der Waals surface area (Å²) in [5.74, 6) is 0.645. The molecule has 8 nitrogen and oxygen atoms in total. The number of fused-ring (bicyclic) bond motifs is 1. The minimum absolute atomic E-state index is 0.0729. The number of hydrogen-bond acceptors (Lipinski definition) is 7. The zero-order valence-electron chi connectivity index (χ0n) is 24.1. The number of aromatic nitrogens is 3. The Labute approximate surface area is 253 Å². The lowest BCUT2D eigenvalue weighted by atomic mass is 10.1. The van der Waals surface area contributed by atoms with Crippen molar-refractivity contribution < 1.29 is 22.1 Å². The van der Waals surface area contributed by atoms with E-state index in [0.717, 1.165) is 22.1 Å². The Morgan fingerprint density at radius 1 is 0.674 bits per heavy atom. The Morgan fingerprint density at radius 3 is 2.05 bits per heavy atom. The van der Waals surface area contributed by atoms with E-state index in [0.29, 0.717) is 44.9 Å². The second kappa shape index (κ2) is 17.6. The van der Waals surface area contributed by atoms with E-state index in [9.17, 15) is 8.42 Å². The van der Waals surface area contributed by atoms with Crippen LogP contribution in [-0.2, 0) is 38.8 Å². The predicted octanol–water partition coefficient (Wildman–Crippen LogP) is 6.60. The molecular formula is C34H37N3O5S. The van der Waals surface area contributed by atoms with Gasteiger partial charge in [0.25, 0.3) is 10.1 Å². The van der Waals surface area contributed by atoms with Gasteiger partial charge in [-0.15, -0.1) is 5.10 Å². The molecule has 0 saturated carbocycles. The average molecular weight is 600 g/mol. The molecule has 0 bridgehead atoms. The summed E-state index contributed by atoms with van der Waals surface area (Å²) in [5.41, 5.74) is 1.68. The fourth-order valence-electron chi connectivity index (χ4n) is 4.03. The number of rotatable bonds is 14. The van der Waals surface area contributed by atoms with Gasteiger partial charge in [-0.1, -0.05) is 114 Å². The first kappa shape index (κ1) is 31.6. The first-order chi connectivity index (χ1) is 21.1. The highest BCUT2D eigenvalue weighted by Crippen LogP contribution is 2.20. The van der Waals surface area contributed by atoms with E-state index in [1.54, 1.807) is 10.9 Å². The molecule has 0 aliphatic heterocycles. The fraction of sp³-hybridized carbons (Fsp3) is 0.235. The van der Waals surface area contributed by atoms with E-state index in [1.807, 2.05) is 121 Å². The number of nitrogens with zero attached hydrogens (tertiary/aromatic N) is 3. The highest BCUT2D eigenvalue weighted by molar-refractivity contribution is 7.86. The molecule has 0 spiro atoms. The van der Waals surface area contributed by atoms with Crippen LogP contribution in [0.4, 0.5) is 0 Å². The normalized spacial score (nSPS) is 11.0. The van der Waals surface area contributed by atoms with Gasteiger partial charge in [0.05, 0.1) is 38.4 Å². The van der Waals surface area contributed by atoms with Gasteiger partial charge >= 0.3 is 0 Å². The van der Waals surface area contributed by atoms with Crippen molar-refractivity contribution in [2.75, 3.05) is 19.0 Å². The maximum absolute atomic E-state index is 12.3. The van der Waals surface area contributed by atoms with Crippen molar-refractivity contribution >= 4 is 20.9 Å². The molecule has 3 aromatic carbocycles. The van der Waals surface area contributed by atoms with Gasteiger partial charge in [-0.2, -0.15) is 8.42 Å². The van der Waals surface area contributed by atoms with Crippen molar-refractivity contribution in [3.05, 3.63) is 139 Å². The minimum Gasteiger partial charge on any atom is -0.493 e. The summed E-state index contributed by atoms with van der Waals surface area (Å²) in [7, 11) is -3.64. The number of hydrogen-bond donors (Lipinski definition) is 0. The van der Waals surface area contributed by atoms with Gasteiger partial charge in [0, 0.05) is 13.0 Å². The summed E-state index contributed by atoms with van der Waals surface area (Å²) in [4.78, 5) is 0. The van der Waals surface area contributed by atoms with E-state index < -0.39 is 10.1 Å². The molecule has 1 aromatic heterocycles. The second-order valence-electron chi connectivity index (χ2n) is 9.64. The summed E-state index contributed by atoms with van der Waals surface area (Å²) in [6, 6.07) is 39.5. The van der Waals surface area contributed by atoms with E-state index >= 15 is 0 Å². The van der Waals surface area contributed by atoms with E-state index in [2.05, 4.69) is 10.3 Å². The molecular weight excluding hydrogens is 562 g/mol. The van der Waals surface area contributed by atoms with E-state index in [4.69, 9.17) is 13.7 Å². The van der Waals surface area contributed by atoms with Crippen LogP contribution < -0.4 is 4.74 Å². The van der Waals surface area contributed by atoms with Gasteiger partial charge < -0.3 is 9.47 Å². The quantitative estimate of drug-likeness (QED) is 0.119. The third-order valence-corrected chi connectivity index (χ3v) is 7.47. The van der Waals surface area contributed by atoms with Crippen LogP contribution in [0, 0.1) is 0 Å². The van der Waals surface area contributed by atoms with Gasteiger partial charge in [0.1, 0.15) is 11.4 Å². The van der Waals surface area contributed by atoms with Gasteiger partial charge in [-0.05, 0) is 34.9 Å². The largest absolute Gasteiger partial charge is 0.493 e. The number of benzene rings is 2. The van der Waals surface area contributed by atoms with Crippen LogP contribution >= 0.6 is 0 Å². The van der Waals surface area contributed by atoms with Crippen LogP contribution in [-0.4, -0.2) is 42.4 Å². The summed E-state index contributed by atoms with van der Waals surface area (Å²) >= 11 is 0. The van der Waals surface area contributed by atoms with Gasteiger partial charge in [0.15, 0.2) is 0 Å². The highest BCUT2D eigenvalue weighted by atomic mass is 32.2. The molecule has 0 radical (unpaired) electrons. The molecule has 0 aliphatic carbocycles. The molecule has 0 fully saturated rings. The molecule has 9 heteroatoms. The van der Waals surface area contributed by atoms with Crippen molar-refractivity contribution in [2.45, 2.75) is 32.6 Å². The van der Waals surface area contributed by atoms with Gasteiger partial charge in [-0.25, -0.2) is 0 Å². The molecule has 43 heavy (non-hydrogen) atoms. The molecule has 224 valence electrons. The van der Waals surface area contributed by atoms with Crippen LogP contribution in [0.5, 0.6) is 5.75 Å². The highest BCUT2D eigenvalue weighted by Gasteiger charge is 2.12. The summed E-state index contributed by atoms with van der Waals surface area (Å²) in [5, 5.41) is 10.5. The summed E-state index contributed by atoms with van der Waals surface area (Å²) in [6.45, 7) is 1.54. The summed E-state index contributed by atoms with van der Waals surface area (Å²) < 4.78 is 42.9. The maximum Gasteiger partial charge on any atom is 0.267 e. The molecule has 4 aromatic rings. The summed E-state index contributed by atoms with van der Waals surface area (Å²) in [6.07, 6.45) is 2.59. The van der Waals surface area contributed by atoms with Crippen LogP contribution in [0.1, 0.15) is 24.1 Å². The molecule has 0 amide bonds. The maximum atomic E-state index is 12.3. The van der Waals surface area contributed by atoms with E-state index in [1.165, 1.54) is 0 Å². The molecule has 0 atom stereocenters. The van der Waals surface area contributed by atoms with Crippen molar-refractivity contribution in [3.8, 4) is 5.75 Å². The smallest absolute Gasteiger partial charge is 0.267 e. The minimum atomic E-state index is -3.64. The Bertz CT molecular complexity index is 1620. The van der Waals surface area contributed by atoms with Crippen LogP contribution in [0.15, 0.2) is 128 Å². The van der Waals surface area contributed by atoms with Crippen LogP contribution in [0.3, 0.4) is 0 Å². The molecule has 4 rings (SSSR count). The van der Waals surface area contributed by atoms with Gasteiger partial charge in [0.2, 0.25) is 0 Å². The Kier molecular flexibility index (Phi) is 12.9. The SMILES string of the molecule is O=S(=O)(CCCn1cc(COCc2ccccccccccccc2)nn1)OCCCOc1ccc2ccccc2c1. The van der Waals surface area contributed by atoms with Crippen molar-refractivity contribution in [3.63, 3.8) is 0 Å². The topological polar surface area (TPSA) is 92.5 Å². The van der Waals surface area contributed by atoms with Gasteiger partial charge in [-0.3, -0.25) is 8.86 Å².